The number of aromatic hydroxyl groups is 1. The van der Waals surface area contributed by atoms with Gasteiger partial charge in [0.25, 0.3) is 0 Å². The molecule has 3 aromatic rings. The van der Waals surface area contributed by atoms with Crippen molar-refractivity contribution in [2.24, 2.45) is 0 Å². The smallest absolute Gasteiger partial charge is 0.204 e. The van der Waals surface area contributed by atoms with E-state index in [-0.39, 0.29) is 16.6 Å². The van der Waals surface area contributed by atoms with Crippen LogP contribution in [-0.2, 0) is 0 Å². The summed E-state index contributed by atoms with van der Waals surface area (Å²) in [4.78, 5) is 12.9. The highest BCUT2D eigenvalue weighted by Gasteiger charge is 2.14. The molecule has 4 nitrogen and oxygen atoms in total. The van der Waals surface area contributed by atoms with Crippen LogP contribution in [0.2, 0.25) is 0 Å². The highest BCUT2D eigenvalue weighted by atomic mass is 79.9. The Morgan fingerprint density at radius 3 is 2.41 bits per heavy atom. The van der Waals surface area contributed by atoms with Crippen LogP contribution in [0.25, 0.3) is 22.1 Å². The fourth-order valence-corrected chi connectivity index (χ4v) is 3.63. The van der Waals surface area contributed by atoms with Gasteiger partial charge in [-0.2, -0.15) is 0 Å². The second-order valence-corrected chi connectivity index (χ2v) is 8.19. The van der Waals surface area contributed by atoms with Gasteiger partial charge in [-0.05, 0) is 24.1 Å². The van der Waals surface area contributed by atoms with Gasteiger partial charge in [0.1, 0.15) is 28.7 Å². The van der Waals surface area contributed by atoms with E-state index < -0.39 is 0 Å². The van der Waals surface area contributed by atoms with Gasteiger partial charge >= 0.3 is 0 Å². The Morgan fingerprint density at radius 2 is 1.69 bits per heavy atom. The highest BCUT2D eigenvalue weighted by Crippen LogP contribution is 2.30. The molecule has 2 aromatic carbocycles. The van der Waals surface area contributed by atoms with Gasteiger partial charge in [-0.1, -0.05) is 73.5 Å². The van der Waals surface area contributed by atoms with Crippen molar-refractivity contribution in [3.63, 3.8) is 0 Å². The van der Waals surface area contributed by atoms with Gasteiger partial charge in [0.05, 0.1) is 12.2 Å². The number of hydrogen-bond acceptors (Lipinski definition) is 4. The van der Waals surface area contributed by atoms with E-state index in [4.69, 9.17) is 9.15 Å². The Hall–Kier alpha value is -2.27. The summed E-state index contributed by atoms with van der Waals surface area (Å²) in [5.41, 5.74) is 1.22. The molecule has 0 aliphatic carbocycles. The Bertz CT molecular complexity index is 992. The first-order valence-electron chi connectivity index (χ1n) is 10.3. The molecule has 1 aromatic heterocycles. The average Bonchev–Trinajstić information content (AvgIpc) is 2.71. The van der Waals surface area contributed by atoms with Gasteiger partial charge < -0.3 is 14.3 Å². The Balaban J connectivity index is 1.68. The van der Waals surface area contributed by atoms with Crippen LogP contribution >= 0.6 is 15.9 Å². The number of ether oxygens (including phenoxy) is 1. The van der Waals surface area contributed by atoms with Crippen molar-refractivity contribution in [2.75, 3.05) is 6.61 Å². The molecular weight excluding hydrogens is 432 g/mol. The molecule has 0 spiro atoms. The zero-order chi connectivity index (χ0) is 20.6. The maximum Gasteiger partial charge on any atom is 0.204 e. The molecule has 1 heterocycles. The van der Waals surface area contributed by atoms with E-state index in [1.54, 1.807) is 6.07 Å². The van der Waals surface area contributed by atoms with Crippen LogP contribution in [-0.4, -0.2) is 11.7 Å². The molecule has 0 aliphatic rings. The minimum absolute atomic E-state index is 0.121. The number of phenols is 1. The number of unbranched alkanes of at least 4 members (excludes halogenated alkanes) is 6. The van der Waals surface area contributed by atoms with Gasteiger partial charge in [-0.15, -0.1) is 0 Å². The molecule has 0 atom stereocenters. The summed E-state index contributed by atoms with van der Waals surface area (Å²) >= 11 is 3.38. The molecule has 5 heteroatoms. The normalized spacial score (nSPS) is 11.1. The molecule has 3 rings (SSSR count). The highest BCUT2D eigenvalue weighted by molar-refractivity contribution is 9.10. The number of halogens is 1. The van der Waals surface area contributed by atoms with Crippen molar-refractivity contribution < 1.29 is 14.3 Å². The first-order chi connectivity index (χ1) is 14.1. The lowest BCUT2D eigenvalue weighted by atomic mass is 10.1. The lowest BCUT2D eigenvalue weighted by molar-refractivity contribution is 0.303. The molecule has 0 unspecified atom stereocenters. The molecule has 0 aliphatic heterocycles. The van der Waals surface area contributed by atoms with Crippen LogP contribution in [0.1, 0.15) is 51.9 Å². The number of phenolic OH excluding ortho intramolecular Hbond substituents is 1. The van der Waals surface area contributed by atoms with Gasteiger partial charge in [-0.3, -0.25) is 4.79 Å². The maximum absolute atomic E-state index is 12.9. The molecule has 0 radical (unpaired) electrons. The van der Waals surface area contributed by atoms with Crippen LogP contribution < -0.4 is 10.2 Å². The first-order valence-corrected chi connectivity index (χ1v) is 11.1. The largest absolute Gasteiger partial charge is 0.507 e. The summed E-state index contributed by atoms with van der Waals surface area (Å²) in [7, 11) is 0. The third kappa shape index (κ3) is 5.63. The molecule has 0 saturated heterocycles. The van der Waals surface area contributed by atoms with E-state index in [9.17, 15) is 9.90 Å². The van der Waals surface area contributed by atoms with Crippen LogP contribution in [0, 0.1) is 0 Å². The minimum atomic E-state index is -0.260. The van der Waals surface area contributed by atoms with E-state index >= 15 is 0 Å². The predicted octanol–water partition coefficient (Wildman–Crippen LogP) is 7.06. The number of fused-ring (bicyclic) bond motifs is 1. The van der Waals surface area contributed by atoms with Crippen molar-refractivity contribution in [3.8, 4) is 22.6 Å². The molecule has 0 saturated carbocycles. The van der Waals surface area contributed by atoms with Gasteiger partial charge in [-0.25, -0.2) is 0 Å². The quantitative estimate of drug-likeness (QED) is 0.330. The SMILES string of the molecule is CCCCCCCCCOc1cc(O)c2c(=O)c(-c3ccc(Br)cc3)coc2c1. The number of hydrogen-bond donors (Lipinski definition) is 1. The third-order valence-electron chi connectivity index (χ3n) is 5.00. The topological polar surface area (TPSA) is 59.7 Å². The Morgan fingerprint density at radius 1 is 1.00 bits per heavy atom. The summed E-state index contributed by atoms with van der Waals surface area (Å²) in [5.74, 6) is 0.394. The van der Waals surface area contributed by atoms with Crippen molar-refractivity contribution in [3.05, 3.63) is 57.4 Å². The van der Waals surface area contributed by atoms with Crippen molar-refractivity contribution in [2.45, 2.75) is 51.9 Å². The lowest BCUT2D eigenvalue weighted by Gasteiger charge is -2.09. The van der Waals surface area contributed by atoms with Gasteiger partial charge in [0.15, 0.2) is 0 Å². The van der Waals surface area contributed by atoms with Crippen molar-refractivity contribution in [1.29, 1.82) is 0 Å². The van der Waals surface area contributed by atoms with E-state index in [0.717, 1.165) is 22.9 Å². The van der Waals surface area contributed by atoms with E-state index in [2.05, 4.69) is 22.9 Å². The molecule has 29 heavy (non-hydrogen) atoms. The standard InChI is InChI=1S/C24H27BrO4/c1-2-3-4-5-6-7-8-13-28-19-14-21(26)23-22(15-19)29-16-20(24(23)27)17-9-11-18(25)12-10-17/h9-12,14-16,26H,2-8,13H2,1H3. The lowest BCUT2D eigenvalue weighted by Crippen LogP contribution is -2.05. The van der Waals surface area contributed by atoms with E-state index in [0.29, 0.717) is 23.5 Å². The van der Waals surface area contributed by atoms with Gasteiger partial charge in [0, 0.05) is 16.6 Å². The zero-order valence-electron chi connectivity index (χ0n) is 16.7. The number of rotatable bonds is 10. The molecule has 1 N–H and O–H groups in total. The fourth-order valence-electron chi connectivity index (χ4n) is 3.37. The summed E-state index contributed by atoms with van der Waals surface area (Å²) < 4.78 is 12.4. The van der Waals surface area contributed by atoms with Crippen LogP contribution in [0.5, 0.6) is 11.5 Å². The van der Waals surface area contributed by atoms with Crippen molar-refractivity contribution in [1.82, 2.24) is 0 Å². The molecule has 0 fully saturated rings. The van der Waals surface area contributed by atoms with E-state index in [1.807, 2.05) is 24.3 Å². The second-order valence-electron chi connectivity index (χ2n) is 7.27. The Labute approximate surface area is 179 Å². The summed E-state index contributed by atoms with van der Waals surface area (Å²) in [6, 6.07) is 10.5. The minimum Gasteiger partial charge on any atom is -0.507 e. The maximum atomic E-state index is 12.9. The van der Waals surface area contributed by atoms with E-state index in [1.165, 1.54) is 44.4 Å². The fraction of sp³-hybridized carbons (Fsp3) is 0.375. The van der Waals surface area contributed by atoms with Crippen LogP contribution in [0.3, 0.4) is 0 Å². The summed E-state index contributed by atoms with van der Waals surface area (Å²) in [6.45, 7) is 2.80. The molecule has 0 bridgehead atoms. The molecular formula is C24H27BrO4. The second kappa shape index (κ2) is 10.5. The third-order valence-corrected chi connectivity index (χ3v) is 5.53. The molecule has 0 amide bonds. The zero-order valence-corrected chi connectivity index (χ0v) is 18.3. The Kier molecular flexibility index (Phi) is 7.76. The van der Waals surface area contributed by atoms with Crippen molar-refractivity contribution >= 4 is 26.9 Å². The monoisotopic (exact) mass is 458 g/mol. The summed E-state index contributed by atoms with van der Waals surface area (Å²) in [6.07, 6.45) is 9.91. The van der Waals surface area contributed by atoms with Gasteiger partial charge in [0.2, 0.25) is 5.43 Å². The first kappa shape index (κ1) is 21.4. The molecule has 154 valence electrons. The predicted molar refractivity (Wildman–Crippen MR) is 121 cm³/mol. The number of benzene rings is 2. The van der Waals surface area contributed by atoms with Crippen LogP contribution in [0.15, 0.2) is 56.3 Å². The average molecular weight is 459 g/mol. The summed E-state index contributed by atoms with van der Waals surface area (Å²) in [5, 5.41) is 10.6. The van der Waals surface area contributed by atoms with Crippen LogP contribution in [0.4, 0.5) is 0 Å².